The highest BCUT2D eigenvalue weighted by Crippen LogP contribution is 2.12. The Hall–Kier alpha value is -1.20. The fraction of sp³-hybridized carbons (Fsp3) is 0.333. The van der Waals surface area contributed by atoms with Crippen molar-refractivity contribution in [1.29, 1.82) is 0 Å². The second-order valence-corrected chi connectivity index (χ2v) is 2.23. The zero-order valence-corrected chi connectivity index (χ0v) is 6.64. The average molecular weight is 150 g/mol. The predicted octanol–water partition coefficient (Wildman–Crippen LogP) is 1.45. The molecule has 0 aliphatic rings. The molecule has 1 heterocycles. The van der Waals surface area contributed by atoms with Gasteiger partial charge < -0.3 is 9.52 Å². The first-order valence-electron chi connectivity index (χ1n) is 3.41. The van der Waals surface area contributed by atoms with E-state index in [-0.39, 0.29) is 6.61 Å². The summed E-state index contributed by atoms with van der Waals surface area (Å²) in [6.45, 7) is 3.57. The molecule has 2 heteroatoms. The standard InChI is InChI=1S/C9H10O2/c1-3-4-9-5-8(6-10)7(2)11-9/h5,10H,6H2,1-2H3. The van der Waals surface area contributed by atoms with Gasteiger partial charge in [-0.25, -0.2) is 0 Å². The van der Waals surface area contributed by atoms with Crippen LogP contribution in [0.2, 0.25) is 0 Å². The molecule has 11 heavy (non-hydrogen) atoms. The molecule has 58 valence electrons. The lowest BCUT2D eigenvalue weighted by atomic mass is 10.2. The lowest BCUT2D eigenvalue weighted by Gasteiger charge is -1.85. The number of aliphatic hydroxyl groups excluding tert-OH is 1. The van der Waals surface area contributed by atoms with Gasteiger partial charge in [0.2, 0.25) is 0 Å². The third kappa shape index (κ3) is 1.63. The summed E-state index contributed by atoms with van der Waals surface area (Å²) >= 11 is 0. The molecule has 0 fully saturated rings. The minimum atomic E-state index is 0.0146. The van der Waals surface area contributed by atoms with E-state index in [4.69, 9.17) is 9.52 Å². The Balaban J connectivity index is 3.01. The van der Waals surface area contributed by atoms with Gasteiger partial charge in [-0.05, 0) is 25.8 Å². The zero-order valence-electron chi connectivity index (χ0n) is 6.64. The van der Waals surface area contributed by atoms with Crippen molar-refractivity contribution >= 4 is 0 Å². The normalized spacial score (nSPS) is 9.00. The molecule has 0 bridgehead atoms. The van der Waals surface area contributed by atoms with Crippen LogP contribution >= 0.6 is 0 Å². The molecule has 0 aromatic carbocycles. The maximum atomic E-state index is 8.79. The predicted molar refractivity (Wildman–Crippen MR) is 41.9 cm³/mol. The van der Waals surface area contributed by atoms with Crippen LogP contribution in [-0.2, 0) is 6.61 Å². The van der Waals surface area contributed by atoms with Gasteiger partial charge in [0, 0.05) is 5.56 Å². The second-order valence-electron chi connectivity index (χ2n) is 2.23. The first-order valence-corrected chi connectivity index (χ1v) is 3.41. The molecule has 1 aromatic rings. The maximum Gasteiger partial charge on any atom is 0.177 e. The van der Waals surface area contributed by atoms with E-state index in [1.54, 1.807) is 13.0 Å². The van der Waals surface area contributed by atoms with Gasteiger partial charge in [0.25, 0.3) is 0 Å². The van der Waals surface area contributed by atoms with E-state index in [0.29, 0.717) is 5.76 Å². The molecule has 0 amide bonds. The lowest BCUT2D eigenvalue weighted by molar-refractivity contribution is 0.279. The number of hydrogen-bond acceptors (Lipinski definition) is 2. The topological polar surface area (TPSA) is 33.4 Å². The fourth-order valence-corrected chi connectivity index (χ4v) is 0.862. The molecule has 1 aromatic heterocycles. The van der Waals surface area contributed by atoms with Crippen LogP contribution in [0.3, 0.4) is 0 Å². The second kappa shape index (κ2) is 3.27. The largest absolute Gasteiger partial charge is 0.453 e. The van der Waals surface area contributed by atoms with E-state index >= 15 is 0 Å². The molecule has 0 aliphatic carbocycles. The summed E-state index contributed by atoms with van der Waals surface area (Å²) in [6, 6.07) is 1.76. The van der Waals surface area contributed by atoms with Gasteiger partial charge in [0.15, 0.2) is 5.76 Å². The van der Waals surface area contributed by atoms with Crippen molar-refractivity contribution in [3.63, 3.8) is 0 Å². The van der Waals surface area contributed by atoms with Gasteiger partial charge in [-0.2, -0.15) is 0 Å². The van der Waals surface area contributed by atoms with Crippen molar-refractivity contribution in [3.8, 4) is 11.8 Å². The Labute approximate surface area is 65.8 Å². The van der Waals surface area contributed by atoms with E-state index < -0.39 is 0 Å². The van der Waals surface area contributed by atoms with E-state index in [9.17, 15) is 0 Å². The molecule has 0 spiro atoms. The van der Waals surface area contributed by atoms with Gasteiger partial charge in [-0.3, -0.25) is 0 Å². The van der Waals surface area contributed by atoms with Crippen molar-refractivity contribution in [2.75, 3.05) is 0 Å². The Bertz CT molecular complexity index is 299. The minimum Gasteiger partial charge on any atom is -0.453 e. The number of aryl methyl sites for hydroxylation is 1. The smallest absolute Gasteiger partial charge is 0.177 e. The highest BCUT2D eigenvalue weighted by molar-refractivity contribution is 5.31. The van der Waals surface area contributed by atoms with Crippen LogP contribution in [0.15, 0.2) is 10.5 Å². The first kappa shape index (κ1) is 7.90. The summed E-state index contributed by atoms with van der Waals surface area (Å²) in [7, 11) is 0. The molecule has 1 N–H and O–H groups in total. The molecule has 0 saturated heterocycles. The summed E-state index contributed by atoms with van der Waals surface area (Å²) < 4.78 is 5.21. The van der Waals surface area contributed by atoms with E-state index in [2.05, 4.69) is 11.8 Å². The fourth-order valence-electron chi connectivity index (χ4n) is 0.862. The van der Waals surface area contributed by atoms with Crippen LogP contribution in [0.25, 0.3) is 0 Å². The van der Waals surface area contributed by atoms with E-state index in [0.717, 1.165) is 11.3 Å². The summed E-state index contributed by atoms with van der Waals surface area (Å²) in [5.41, 5.74) is 0.808. The highest BCUT2D eigenvalue weighted by Gasteiger charge is 2.02. The first-order chi connectivity index (χ1) is 5.27. The monoisotopic (exact) mass is 150 g/mol. The minimum absolute atomic E-state index is 0.0146. The van der Waals surface area contributed by atoms with Crippen LogP contribution in [0, 0.1) is 18.8 Å². The molecule has 0 saturated carbocycles. The Kier molecular flexibility index (Phi) is 2.35. The maximum absolute atomic E-state index is 8.79. The van der Waals surface area contributed by atoms with Gasteiger partial charge in [-0.1, -0.05) is 5.92 Å². The number of aliphatic hydroxyl groups is 1. The van der Waals surface area contributed by atoms with Crippen LogP contribution in [0.5, 0.6) is 0 Å². The Morgan fingerprint density at radius 1 is 1.64 bits per heavy atom. The van der Waals surface area contributed by atoms with E-state index in [1.165, 1.54) is 0 Å². The summed E-state index contributed by atoms with van der Waals surface area (Å²) in [5.74, 6) is 6.86. The third-order valence-electron chi connectivity index (χ3n) is 1.44. The molecule has 0 radical (unpaired) electrons. The molecular weight excluding hydrogens is 140 g/mol. The van der Waals surface area contributed by atoms with Gasteiger partial charge in [0.05, 0.1) is 6.61 Å². The van der Waals surface area contributed by atoms with Gasteiger partial charge in [0.1, 0.15) is 5.76 Å². The SMILES string of the molecule is CC#Cc1cc(CO)c(C)o1. The highest BCUT2D eigenvalue weighted by atomic mass is 16.3. The Morgan fingerprint density at radius 2 is 2.36 bits per heavy atom. The van der Waals surface area contributed by atoms with Gasteiger partial charge in [-0.15, -0.1) is 0 Å². The molecule has 2 nitrogen and oxygen atoms in total. The third-order valence-corrected chi connectivity index (χ3v) is 1.44. The quantitative estimate of drug-likeness (QED) is 0.615. The van der Waals surface area contributed by atoms with Crippen molar-refractivity contribution in [2.45, 2.75) is 20.5 Å². The molecule has 0 aliphatic heterocycles. The van der Waals surface area contributed by atoms with Gasteiger partial charge >= 0.3 is 0 Å². The molecular formula is C9H10O2. The van der Waals surface area contributed by atoms with Crippen LogP contribution in [0.1, 0.15) is 24.0 Å². The summed E-state index contributed by atoms with van der Waals surface area (Å²) in [6.07, 6.45) is 0. The van der Waals surface area contributed by atoms with E-state index in [1.807, 2.05) is 6.92 Å². The van der Waals surface area contributed by atoms with Crippen molar-refractivity contribution in [3.05, 3.63) is 23.2 Å². The zero-order chi connectivity index (χ0) is 8.27. The van der Waals surface area contributed by atoms with Crippen molar-refractivity contribution in [2.24, 2.45) is 0 Å². The number of rotatable bonds is 1. The summed E-state index contributed by atoms with van der Waals surface area (Å²) in [4.78, 5) is 0. The number of furan rings is 1. The molecule has 0 atom stereocenters. The molecule has 1 rings (SSSR count). The number of hydrogen-bond donors (Lipinski definition) is 1. The molecule has 0 unspecified atom stereocenters. The summed E-state index contributed by atoms with van der Waals surface area (Å²) in [5, 5.41) is 8.79. The van der Waals surface area contributed by atoms with Crippen LogP contribution in [-0.4, -0.2) is 5.11 Å². The Morgan fingerprint density at radius 3 is 2.82 bits per heavy atom. The van der Waals surface area contributed by atoms with Crippen LogP contribution in [0.4, 0.5) is 0 Å². The lowest BCUT2D eigenvalue weighted by Crippen LogP contribution is -1.79. The van der Waals surface area contributed by atoms with Crippen LogP contribution < -0.4 is 0 Å². The van der Waals surface area contributed by atoms with Crippen molar-refractivity contribution < 1.29 is 9.52 Å². The van der Waals surface area contributed by atoms with Crippen molar-refractivity contribution in [1.82, 2.24) is 0 Å². The average Bonchev–Trinajstić information content (AvgIpc) is 2.32.